The highest BCUT2D eigenvalue weighted by atomic mass is 35.5. The standard InChI is InChI=1S/C15H11ClN2O5.C15H12N2O5.CH4/c1-15(6-17)9-3-2-7(16)4-8(9)12(21)11(13(15)22)14(23)18-5-10(19)20;1-15(7-16)9-5-3-2-4-8(9)12(20)11(13(15)21)14(22)17-6-10(18)19;/h2-4,21H,5H2,1H3,(H,18,23)(H,19,20);2-5,20H,6H2,1H3,(H,17,22)(H,18,19);1H4/t2*15-;/m10./s1. The van der Waals surface area contributed by atoms with Crippen LogP contribution in [0.1, 0.15) is 43.5 Å². The summed E-state index contributed by atoms with van der Waals surface area (Å²) in [5, 5.41) is 60.7. The van der Waals surface area contributed by atoms with E-state index in [0.29, 0.717) is 5.56 Å². The normalized spacial score (nSPS) is 19.5. The topological polar surface area (TPSA) is 255 Å². The number of hydrogen-bond acceptors (Lipinski definition) is 10. The van der Waals surface area contributed by atoms with E-state index in [1.807, 2.05) is 22.8 Å². The van der Waals surface area contributed by atoms with Gasteiger partial charge in [-0.1, -0.05) is 49.4 Å². The number of Topliss-reactive ketones (excluding diaryl/α,β-unsaturated/α-hetero) is 2. The van der Waals surface area contributed by atoms with E-state index < -0.39 is 81.9 Å². The van der Waals surface area contributed by atoms with Gasteiger partial charge in [0.05, 0.1) is 12.1 Å². The second kappa shape index (κ2) is 13.8. The SMILES string of the molecule is C.C[C@@]1(C#N)C(=O)C(C(=O)NCC(=O)O)=C(O)c2ccccc21.C[C@]1(C#N)C(=O)C(C(=O)NCC(=O)O)=C(O)c2cc(Cl)ccc21. The summed E-state index contributed by atoms with van der Waals surface area (Å²) in [6.07, 6.45) is 0. The molecule has 0 heterocycles. The highest BCUT2D eigenvalue weighted by Crippen LogP contribution is 2.41. The monoisotopic (exact) mass is 650 g/mol. The Morgan fingerprint density at radius 3 is 1.61 bits per heavy atom. The number of carbonyl (C=O) groups excluding carboxylic acids is 4. The second-order valence-electron chi connectivity index (χ2n) is 9.97. The molecule has 0 radical (unpaired) electrons. The molecule has 15 heteroatoms. The van der Waals surface area contributed by atoms with Gasteiger partial charge in [0.15, 0.2) is 11.6 Å². The summed E-state index contributed by atoms with van der Waals surface area (Å²) >= 11 is 5.86. The molecule has 238 valence electrons. The summed E-state index contributed by atoms with van der Waals surface area (Å²) in [7, 11) is 0. The Balaban J connectivity index is 0.000000314. The Bertz CT molecular complexity index is 1830. The summed E-state index contributed by atoms with van der Waals surface area (Å²) < 4.78 is 0. The number of nitriles is 2. The van der Waals surface area contributed by atoms with Gasteiger partial charge in [0.25, 0.3) is 11.8 Å². The third-order valence-corrected chi connectivity index (χ3v) is 7.27. The van der Waals surface area contributed by atoms with Crippen molar-refractivity contribution in [3.8, 4) is 12.1 Å². The largest absolute Gasteiger partial charge is 0.506 e. The van der Waals surface area contributed by atoms with E-state index >= 15 is 0 Å². The molecule has 0 unspecified atom stereocenters. The van der Waals surface area contributed by atoms with Crippen molar-refractivity contribution in [1.82, 2.24) is 10.6 Å². The average molecular weight is 651 g/mol. The Hall–Kier alpha value is -5.99. The zero-order valence-corrected chi connectivity index (χ0v) is 24.2. The molecule has 0 fully saturated rings. The van der Waals surface area contributed by atoms with Crippen molar-refractivity contribution in [3.63, 3.8) is 0 Å². The van der Waals surface area contributed by atoms with Gasteiger partial charge < -0.3 is 31.1 Å². The van der Waals surface area contributed by atoms with Crippen LogP contribution in [0.2, 0.25) is 5.02 Å². The van der Waals surface area contributed by atoms with E-state index in [1.54, 1.807) is 12.1 Å². The van der Waals surface area contributed by atoms with Crippen molar-refractivity contribution in [2.45, 2.75) is 32.1 Å². The molecule has 0 spiro atoms. The number of halogens is 1. The first kappa shape index (κ1) is 36.2. The first-order chi connectivity index (χ1) is 21.0. The van der Waals surface area contributed by atoms with Crippen LogP contribution in [0.15, 0.2) is 53.6 Å². The molecular formula is C31H27ClN4O10. The van der Waals surface area contributed by atoms with Crippen molar-refractivity contribution in [2.24, 2.45) is 0 Å². The molecule has 6 N–H and O–H groups in total. The van der Waals surface area contributed by atoms with E-state index in [1.165, 1.54) is 44.2 Å². The summed E-state index contributed by atoms with van der Waals surface area (Å²) in [4.78, 5) is 70.1. The number of carboxylic acids is 2. The third-order valence-electron chi connectivity index (χ3n) is 7.03. The fourth-order valence-electron chi connectivity index (χ4n) is 4.63. The molecule has 46 heavy (non-hydrogen) atoms. The fraction of sp³-hybridized carbons (Fsp3) is 0.226. The van der Waals surface area contributed by atoms with Gasteiger partial charge >= 0.3 is 11.9 Å². The van der Waals surface area contributed by atoms with Crippen LogP contribution < -0.4 is 10.6 Å². The summed E-state index contributed by atoms with van der Waals surface area (Å²) in [6, 6.07) is 14.2. The molecule has 2 aliphatic rings. The fourth-order valence-corrected chi connectivity index (χ4v) is 4.81. The van der Waals surface area contributed by atoms with Crippen LogP contribution in [-0.2, 0) is 39.6 Å². The predicted octanol–water partition coefficient (Wildman–Crippen LogP) is 2.33. The van der Waals surface area contributed by atoms with Crippen LogP contribution in [0.25, 0.3) is 11.5 Å². The lowest BCUT2D eigenvalue weighted by Gasteiger charge is -2.29. The first-order valence-corrected chi connectivity index (χ1v) is 13.1. The zero-order valence-electron chi connectivity index (χ0n) is 23.5. The van der Waals surface area contributed by atoms with E-state index in [9.17, 15) is 49.5 Å². The number of aliphatic hydroxyl groups excluding tert-OH is 2. The Morgan fingerprint density at radius 1 is 0.761 bits per heavy atom. The van der Waals surface area contributed by atoms with E-state index in [-0.39, 0.29) is 29.1 Å². The minimum Gasteiger partial charge on any atom is -0.506 e. The molecule has 2 amide bonds. The molecule has 4 rings (SSSR count). The number of carboxylic acid groups (broad SMARTS) is 2. The number of nitrogens with one attached hydrogen (secondary N) is 2. The van der Waals surface area contributed by atoms with Crippen molar-refractivity contribution in [2.75, 3.05) is 13.1 Å². The third kappa shape index (κ3) is 6.43. The highest BCUT2D eigenvalue weighted by Gasteiger charge is 2.48. The minimum absolute atomic E-state index is 0. The van der Waals surface area contributed by atoms with Crippen LogP contribution >= 0.6 is 11.6 Å². The van der Waals surface area contributed by atoms with Gasteiger partial charge in [-0.15, -0.1) is 0 Å². The first-order valence-electron chi connectivity index (χ1n) is 12.7. The number of aliphatic hydroxyl groups is 2. The molecule has 2 aliphatic carbocycles. The number of hydrogen-bond donors (Lipinski definition) is 6. The van der Waals surface area contributed by atoms with Gasteiger partial charge in [-0.25, -0.2) is 0 Å². The van der Waals surface area contributed by atoms with Crippen LogP contribution in [0.4, 0.5) is 0 Å². The number of rotatable bonds is 6. The number of benzene rings is 2. The molecule has 2 atom stereocenters. The van der Waals surface area contributed by atoms with Gasteiger partial charge in [-0.05, 0) is 37.1 Å². The van der Waals surface area contributed by atoms with Crippen molar-refractivity contribution < 1.29 is 49.2 Å². The van der Waals surface area contributed by atoms with Crippen molar-refractivity contribution in [3.05, 3.63) is 80.9 Å². The van der Waals surface area contributed by atoms with Crippen LogP contribution in [0.3, 0.4) is 0 Å². The lowest BCUT2D eigenvalue weighted by atomic mass is 9.70. The maximum atomic E-state index is 12.5. The molecule has 0 bridgehead atoms. The highest BCUT2D eigenvalue weighted by molar-refractivity contribution is 6.32. The molecule has 0 saturated heterocycles. The molecule has 0 saturated carbocycles. The maximum Gasteiger partial charge on any atom is 0.322 e. The van der Waals surface area contributed by atoms with Crippen LogP contribution in [-0.4, -0.2) is 68.8 Å². The average Bonchev–Trinajstić information content (AvgIpc) is 3.01. The van der Waals surface area contributed by atoms with Crippen LogP contribution in [0, 0.1) is 22.7 Å². The summed E-state index contributed by atoms with van der Waals surface area (Å²) in [6.45, 7) is 1.24. The second-order valence-corrected chi connectivity index (χ2v) is 10.4. The van der Waals surface area contributed by atoms with Gasteiger partial charge in [-0.2, -0.15) is 10.5 Å². The van der Waals surface area contributed by atoms with Gasteiger partial charge in [0.1, 0.15) is 46.6 Å². The van der Waals surface area contributed by atoms with Crippen LogP contribution in [0.5, 0.6) is 0 Å². The van der Waals surface area contributed by atoms with Gasteiger partial charge in [0, 0.05) is 16.1 Å². The minimum atomic E-state index is -1.69. The number of ketones is 2. The maximum absolute atomic E-state index is 12.5. The molecule has 2 aromatic rings. The molecular weight excluding hydrogens is 624 g/mol. The van der Waals surface area contributed by atoms with E-state index in [0.717, 1.165) is 0 Å². The lowest BCUT2D eigenvalue weighted by molar-refractivity contribution is -0.138. The Kier molecular flexibility index (Phi) is 10.8. The summed E-state index contributed by atoms with van der Waals surface area (Å²) in [5.74, 6) is -7.67. The quantitative estimate of drug-likeness (QED) is 0.246. The van der Waals surface area contributed by atoms with Gasteiger partial charge in [-0.3, -0.25) is 28.8 Å². The number of fused-ring (bicyclic) bond motifs is 2. The summed E-state index contributed by atoms with van der Waals surface area (Å²) in [5.41, 5.74) is -3.78. The predicted molar refractivity (Wildman–Crippen MR) is 161 cm³/mol. The number of amides is 2. The van der Waals surface area contributed by atoms with Crippen molar-refractivity contribution >= 4 is 58.4 Å². The number of carbonyl (C=O) groups is 6. The number of nitrogens with zero attached hydrogens (tertiary/aromatic N) is 2. The van der Waals surface area contributed by atoms with E-state index in [4.69, 9.17) is 21.8 Å². The lowest BCUT2D eigenvalue weighted by Crippen LogP contribution is -2.43. The Labute approximate surface area is 266 Å². The van der Waals surface area contributed by atoms with Crippen molar-refractivity contribution in [1.29, 1.82) is 10.5 Å². The molecule has 14 nitrogen and oxygen atoms in total. The van der Waals surface area contributed by atoms with Gasteiger partial charge in [0.2, 0.25) is 0 Å². The smallest absolute Gasteiger partial charge is 0.322 e. The molecule has 2 aromatic carbocycles. The zero-order chi connectivity index (χ0) is 33.9. The molecule has 0 aliphatic heterocycles. The molecule has 0 aromatic heterocycles. The Morgan fingerprint density at radius 2 is 1.17 bits per heavy atom. The van der Waals surface area contributed by atoms with E-state index in [2.05, 4.69) is 0 Å². The number of aliphatic carboxylic acids is 2.